The fourth-order valence-electron chi connectivity index (χ4n) is 5.61. The van der Waals surface area contributed by atoms with Crippen LogP contribution in [-0.2, 0) is 15.7 Å². The number of benzene rings is 1. The second kappa shape index (κ2) is 13.2. The van der Waals surface area contributed by atoms with Gasteiger partial charge in [0.2, 0.25) is 0 Å². The molecule has 4 nitrogen and oxygen atoms in total. The van der Waals surface area contributed by atoms with Gasteiger partial charge in [-0.05, 0) is 102 Å². The Morgan fingerprint density at radius 1 is 0.842 bits per heavy atom. The Kier molecular flexibility index (Phi) is 10.8. The maximum atomic E-state index is 6.70. The molecule has 0 bridgehead atoms. The molecule has 3 rings (SSSR count). The summed E-state index contributed by atoms with van der Waals surface area (Å²) >= 11 is 1.89. The monoisotopic (exact) mass is 540 g/mol. The SMILES string of the molecule is CCCCC(CC)Cc1ccsc1-c1cc(N(CC)CC)c(B2OC(C)(C)C(C)(C)O2)c(N(CC)CC)c1. The van der Waals surface area contributed by atoms with Crippen molar-refractivity contribution >= 4 is 35.3 Å². The van der Waals surface area contributed by atoms with E-state index in [0.717, 1.165) is 38.5 Å². The van der Waals surface area contributed by atoms with Crippen molar-refractivity contribution in [2.24, 2.45) is 5.92 Å². The molecule has 0 saturated carbocycles. The first-order chi connectivity index (χ1) is 18.1. The fourth-order valence-corrected chi connectivity index (χ4v) is 6.54. The van der Waals surface area contributed by atoms with Crippen LogP contribution in [-0.4, -0.2) is 44.5 Å². The van der Waals surface area contributed by atoms with E-state index >= 15 is 0 Å². The molecular formula is C32H53BN2O2S. The summed E-state index contributed by atoms with van der Waals surface area (Å²) in [4.78, 5) is 6.36. The lowest BCUT2D eigenvalue weighted by Crippen LogP contribution is -2.43. The summed E-state index contributed by atoms with van der Waals surface area (Å²) < 4.78 is 13.4. The minimum absolute atomic E-state index is 0.383. The molecule has 2 heterocycles. The molecule has 38 heavy (non-hydrogen) atoms. The molecule has 0 spiro atoms. The third-order valence-corrected chi connectivity index (χ3v) is 9.90. The molecule has 1 aromatic carbocycles. The van der Waals surface area contributed by atoms with Crippen molar-refractivity contribution in [2.75, 3.05) is 36.0 Å². The Bertz CT molecular complexity index is 977. The Morgan fingerprint density at radius 3 is 1.82 bits per heavy atom. The summed E-state index contributed by atoms with van der Waals surface area (Å²) in [5.41, 5.74) is 5.71. The van der Waals surface area contributed by atoms with Crippen LogP contribution in [0.5, 0.6) is 0 Å². The number of anilines is 2. The lowest BCUT2D eigenvalue weighted by atomic mass is 9.74. The van der Waals surface area contributed by atoms with Crippen molar-refractivity contribution in [3.8, 4) is 10.4 Å². The van der Waals surface area contributed by atoms with Crippen molar-refractivity contribution in [1.29, 1.82) is 0 Å². The molecular weight excluding hydrogens is 487 g/mol. The number of thiophene rings is 1. The summed E-state index contributed by atoms with van der Waals surface area (Å²) in [6.45, 7) is 26.0. The van der Waals surface area contributed by atoms with Gasteiger partial charge in [-0.1, -0.05) is 39.5 Å². The molecule has 1 unspecified atom stereocenters. The summed E-state index contributed by atoms with van der Waals surface area (Å²) in [6.07, 6.45) is 6.31. The molecule has 1 fully saturated rings. The van der Waals surface area contributed by atoms with Crippen LogP contribution in [0.2, 0.25) is 0 Å². The van der Waals surface area contributed by atoms with Gasteiger partial charge in [-0.25, -0.2) is 0 Å². The van der Waals surface area contributed by atoms with Crippen molar-refractivity contribution < 1.29 is 9.31 Å². The van der Waals surface area contributed by atoms with E-state index in [2.05, 4.69) is 103 Å². The predicted molar refractivity (Wildman–Crippen MR) is 170 cm³/mol. The van der Waals surface area contributed by atoms with E-state index in [1.807, 2.05) is 11.3 Å². The first-order valence-corrected chi connectivity index (χ1v) is 16.0. The Hall–Kier alpha value is -1.50. The van der Waals surface area contributed by atoms with Crippen molar-refractivity contribution in [3.63, 3.8) is 0 Å². The summed E-state index contributed by atoms with van der Waals surface area (Å²) in [5, 5.41) is 2.29. The molecule has 1 saturated heterocycles. The highest BCUT2D eigenvalue weighted by Gasteiger charge is 2.53. The van der Waals surface area contributed by atoms with Gasteiger partial charge in [-0.15, -0.1) is 11.3 Å². The molecule has 1 aliphatic rings. The lowest BCUT2D eigenvalue weighted by molar-refractivity contribution is 0.00578. The van der Waals surface area contributed by atoms with E-state index in [1.54, 1.807) is 0 Å². The van der Waals surface area contributed by atoms with Gasteiger partial charge in [-0.2, -0.15) is 0 Å². The van der Waals surface area contributed by atoms with E-state index in [4.69, 9.17) is 9.31 Å². The summed E-state index contributed by atoms with van der Waals surface area (Å²) in [6, 6.07) is 7.20. The molecule has 1 aliphatic heterocycles. The molecule has 1 aromatic heterocycles. The molecule has 2 aromatic rings. The van der Waals surface area contributed by atoms with Gasteiger partial charge in [0.15, 0.2) is 0 Å². The first-order valence-electron chi connectivity index (χ1n) is 15.2. The van der Waals surface area contributed by atoms with E-state index in [9.17, 15) is 0 Å². The van der Waals surface area contributed by atoms with Crippen LogP contribution < -0.4 is 15.3 Å². The molecule has 0 N–H and O–H groups in total. The minimum atomic E-state index is -0.401. The Balaban J connectivity index is 2.20. The van der Waals surface area contributed by atoms with Gasteiger partial charge in [0, 0.05) is 47.9 Å². The number of hydrogen-bond donors (Lipinski definition) is 0. The van der Waals surface area contributed by atoms with Gasteiger partial charge in [0.1, 0.15) is 0 Å². The normalized spacial score (nSPS) is 17.2. The van der Waals surface area contributed by atoms with Crippen molar-refractivity contribution in [1.82, 2.24) is 0 Å². The molecule has 0 aliphatic carbocycles. The van der Waals surface area contributed by atoms with Crippen LogP contribution in [0.15, 0.2) is 23.6 Å². The molecule has 1 atom stereocenters. The number of rotatable bonds is 14. The van der Waals surface area contributed by atoms with Gasteiger partial charge < -0.3 is 19.1 Å². The fraction of sp³-hybridized carbons (Fsp3) is 0.688. The topological polar surface area (TPSA) is 24.9 Å². The Labute approximate surface area is 238 Å². The Morgan fingerprint density at radius 2 is 1.37 bits per heavy atom. The second-order valence-corrected chi connectivity index (χ2v) is 12.7. The highest BCUT2D eigenvalue weighted by atomic mass is 32.1. The van der Waals surface area contributed by atoms with Crippen LogP contribution in [0, 0.1) is 5.92 Å². The smallest absolute Gasteiger partial charge is 0.399 e. The van der Waals surface area contributed by atoms with Crippen LogP contribution in [0.25, 0.3) is 10.4 Å². The third kappa shape index (κ3) is 6.45. The molecule has 0 amide bonds. The van der Waals surface area contributed by atoms with Gasteiger partial charge in [0.05, 0.1) is 11.2 Å². The van der Waals surface area contributed by atoms with Crippen molar-refractivity contribution in [3.05, 3.63) is 29.1 Å². The quantitative estimate of drug-likeness (QED) is 0.226. The van der Waals surface area contributed by atoms with Crippen molar-refractivity contribution in [2.45, 2.75) is 113 Å². The van der Waals surface area contributed by atoms with E-state index in [0.29, 0.717) is 0 Å². The number of unbranched alkanes of at least 4 members (excludes halogenated alkanes) is 1. The third-order valence-electron chi connectivity index (χ3n) is 8.89. The maximum Gasteiger partial charge on any atom is 0.499 e. The molecule has 212 valence electrons. The van der Waals surface area contributed by atoms with Gasteiger partial charge in [-0.3, -0.25) is 0 Å². The predicted octanol–water partition coefficient (Wildman–Crippen LogP) is 8.17. The number of nitrogens with zero attached hydrogens (tertiary/aromatic N) is 2. The van der Waals surface area contributed by atoms with Crippen LogP contribution in [0.4, 0.5) is 11.4 Å². The number of hydrogen-bond acceptors (Lipinski definition) is 5. The van der Waals surface area contributed by atoms with Gasteiger partial charge in [0.25, 0.3) is 0 Å². The first kappa shape index (κ1) is 31.0. The lowest BCUT2D eigenvalue weighted by Gasteiger charge is -2.32. The highest BCUT2D eigenvalue weighted by molar-refractivity contribution is 7.13. The zero-order chi connectivity index (χ0) is 28.1. The van der Waals surface area contributed by atoms with Crippen LogP contribution in [0.1, 0.15) is 100 Å². The van der Waals surface area contributed by atoms with Crippen LogP contribution >= 0.6 is 11.3 Å². The van der Waals surface area contributed by atoms with E-state index < -0.39 is 7.12 Å². The zero-order valence-corrected chi connectivity index (χ0v) is 26.8. The molecule has 0 radical (unpaired) electrons. The summed E-state index contributed by atoms with van der Waals surface area (Å²) in [5.74, 6) is 0.747. The largest absolute Gasteiger partial charge is 0.499 e. The minimum Gasteiger partial charge on any atom is -0.399 e. The van der Waals surface area contributed by atoms with E-state index in [1.165, 1.54) is 58.5 Å². The summed E-state index contributed by atoms with van der Waals surface area (Å²) in [7, 11) is -0.401. The molecule has 6 heteroatoms. The van der Waals surface area contributed by atoms with Crippen LogP contribution in [0.3, 0.4) is 0 Å². The standard InChI is InChI=1S/C32H53BN2O2S/c1-11-17-18-24(12-2)21-25-19-20-38-30(25)26-22-27(34(13-3)14-4)29(28(23-26)35(15-5)16-6)33-36-31(7,8)32(9,10)37-33/h19-20,22-24H,11-18,21H2,1-10H3. The highest BCUT2D eigenvalue weighted by Crippen LogP contribution is 2.41. The second-order valence-electron chi connectivity index (χ2n) is 11.8. The maximum absolute atomic E-state index is 6.70. The van der Waals surface area contributed by atoms with Gasteiger partial charge >= 0.3 is 7.12 Å². The average Bonchev–Trinajstić information content (AvgIpc) is 3.43. The van der Waals surface area contributed by atoms with E-state index in [-0.39, 0.29) is 11.2 Å². The average molecular weight is 541 g/mol. The zero-order valence-electron chi connectivity index (χ0n) is 25.9.